The molecule has 9 heteroatoms. The molecule has 0 aliphatic carbocycles. The van der Waals surface area contributed by atoms with Gasteiger partial charge in [-0.2, -0.15) is 5.10 Å². The van der Waals surface area contributed by atoms with Gasteiger partial charge in [0.15, 0.2) is 0 Å². The fraction of sp³-hybridized carbons (Fsp3) is 0.625. The Bertz CT molecular complexity index is 644. The van der Waals surface area contributed by atoms with Crippen molar-refractivity contribution in [2.75, 3.05) is 39.3 Å². The normalized spacial score (nSPS) is 22.0. The molecule has 0 radical (unpaired) electrons. The zero-order chi connectivity index (χ0) is 17.8. The van der Waals surface area contributed by atoms with Gasteiger partial charge in [-0.25, -0.2) is 4.98 Å². The number of imidazole rings is 1. The minimum Gasteiger partial charge on any atom is -0.481 e. The topological polar surface area (TPSA) is 105 Å². The van der Waals surface area contributed by atoms with Crippen LogP contribution in [0.15, 0.2) is 17.5 Å². The first-order chi connectivity index (χ1) is 12.0. The highest BCUT2D eigenvalue weighted by molar-refractivity contribution is 5.84. The van der Waals surface area contributed by atoms with Gasteiger partial charge in [0.05, 0.1) is 12.5 Å². The second-order valence-electron chi connectivity index (χ2n) is 6.62. The highest BCUT2D eigenvalue weighted by Crippen LogP contribution is 2.14. The van der Waals surface area contributed by atoms with Crippen molar-refractivity contribution in [3.63, 3.8) is 0 Å². The Labute approximate surface area is 146 Å². The Morgan fingerprint density at radius 3 is 2.80 bits per heavy atom. The lowest BCUT2D eigenvalue weighted by Crippen LogP contribution is -2.42. The summed E-state index contributed by atoms with van der Waals surface area (Å²) in [4.78, 5) is 35.1. The fourth-order valence-electron chi connectivity index (χ4n) is 3.21. The Hall–Kier alpha value is -2.42. The Morgan fingerprint density at radius 2 is 2.16 bits per heavy atom. The summed E-state index contributed by atoms with van der Waals surface area (Å²) in [5, 5.41) is 15.6. The van der Waals surface area contributed by atoms with E-state index in [-0.39, 0.29) is 19.0 Å². The number of nitrogens with zero attached hydrogens (tertiary/aromatic N) is 5. The highest BCUT2D eigenvalue weighted by Gasteiger charge is 2.31. The number of amides is 1. The summed E-state index contributed by atoms with van der Waals surface area (Å²) >= 11 is 0. The minimum atomic E-state index is -0.876. The lowest BCUT2D eigenvalue weighted by atomic mass is 10.1. The number of aliphatic carboxylic acids is 1. The molecule has 1 saturated heterocycles. The molecule has 9 nitrogen and oxygen atoms in total. The number of aromatic nitrogens is 2. The van der Waals surface area contributed by atoms with E-state index in [4.69, 9.17) is 0 Å². The maximum Gasteiger partial charge on any atom is 0.309 e. The first kappa shape index (κ1) is 17.4. The van der Waals surface area contributed by atoms with Crippen molar-refractivity contribution in [3.05, 3.63) is 18.2 Å². The zero-order valence-electron chi connectivity index (χ0n) is 14.4. The van der Waals surface area contributed by atoms with Crippen molar-refractivity contribution < 1.29 is 14.7 Å². The third-order valence-corrected chi connectivity index (χ3v) is 4.60. The number of rotatable bonds is 5. The van der Waals surface area contributed by atoms with Crippen molar-refractivity contribution in [1.29, 1.82) is 0 Å². The molecule has 2 aliphatic heterocycles. The molecule has 1 atom stereocenters. The van der Waals surface area contributed by atoms with Crippen LogP contribution in [0.5, 0.6) is 0 Å². The molecular weight excluding hydrogens is 324 g/mol. The molecule has 25 heavy (non-hydrogen) atoms. The van der Waals surface area contributed by atoms with Crippen molar-refractivity contribution in [1.82, 2.24) is 24.8 Å². The van der Waals surface area contributed by atoms with Crippen molar-refractivity contribution >= 4 is 17.6 Å². The predicted molar refractivity (Wildman–Crippen MR) is 90.9 cm³/mol. The average molecular weight is 348 g/mol. The van der Waals surface area contributed by atoms with Crippen LogP contribution in [0.1, 0.15) is 19.2 Å². The molecule has 2 N–H and O–H groups in total. The van der Waals surface area contributed by atoms with E-state index in [2.05, 4.69) is 15.1 Å². The molecule has 1 amide bonds. The van der Waals surface area contributed by atoms with Gasteiger partial charge in [0, 0.05) is 57.2 Å². The summed E-state index contributed by atoms with van der Waals surface area (Å²) in [6.07, 6.45) is 4.30. The summed E-state index contributed by atoms with van der Waals surface area (Å²) in [5.41, 5.74) is 1.02. The Balaban J connectivity index is 1.62. The second-order valence-corrected chi connectivity index (χ2v) is 6.62. The van der Waals surface area contributed by atoms with E-state index < -0.39 is 11.9 Å². The number of nitrogens with one attached hydrogen (secondary N) is 1. The molecule has 3 rings (SSSR count). The number of aromatic amines is 1. The first-order valence-corrected chi connectivity index (χ1v) is 8.51. The molecular formula is C16H24N6O3. The van der Waals surface area contributed by atoms with Crippen LogP contribution in [0, 0.1) is 5.92 Å². The molecule has 1 aromatic rings. The van der Waals surface area contributed by atoms with Crippen LogP contribution >= 0.6 is 0 Å². The Kier molecular flexibility index (Phi) is 5.32. The number of carbonyl (C=O) groups is 2. The predicted octanol–water partition coefficient (Wildman–Crippen LogP) is -0.164. The van der Waals surface area contributed by atoms with Crippen LogP contribution in [0.4, 0.5) is 0 Å². The molecule has 0 saturated carbocycles. The number of hydrogen-bond acceptors (Lipinski definition) is 6. The summed E-state index contributed by atoms with van der Waals surface area (Å²) < 4.78 is 0. The largest absolute Gasteiger partial charge is 0.481 e. The number of carboxylic acids is 1. The van der Waals surface area contributed by atoms with Gasteiger partial charge in [-0.1, -0.05) is 0 Å². The number of hydrazone groups is 1. The Morgan fingerprint density at radius 1 is 1.32 bits per heavy atom. The lowest BCUT2D eigenvalue weighted by Gasteiger charge is -2.24. The first-order valence-electron chi connectivity index (χ1n) is 8.51. The van der Waals surface area contributed by atoms with Gasteiger partial charge >= 0.3 is 5.97 Å². The van der Waals surface area contributed by atoms with Crippen molar-refractivity contribution in [3.8, 4) is 0 Å². The van der Waals surface area contributed by atoms with E-state index in [1.54, 1.807) is 22.3 Å². The van der Waals surface area contributed by atoms with Crippen LogP contribution in [-0.4, -0.2) is 86.7 Å². The average Bonchev–Trinajstić information content (AvgIpc) is 3.15. The maximum atomic E-state index is 12.6. The van der Waals surface area contributed by atoms with Gasteiger partial charge in [-0.15, -0.1) is 0 Å². The summed E-state index contributed by atoms with van der Waals surface area (Å²) in [5.74, 6) is -0.750. The van der Waals surface area contributed by atoms with Crippen LogP contribution in [0.3, 0.4) is 0 Å². The third kappa shape index (κ3) is 4.56. The van der Waals surface area contributed by atoms with E-state index >= 15 is 0 Å². The van der Waals surface area contributed by atoms with Gasteiger partial charge in [0.2, 0.25) is 5.91 Å². The molecule has 1 fully saturated rings. The van der Waals surface area contributed by atoms with E-state index in [1.165, 1.54) is 0 Å². The van der Waals surface area contributed by atoms with Crippen LogP contribution in [-0.2, 0) is 16.1 Å². The quantitative estimate of drug-likeness (QED) is 0.766. The summed E-state index contributed by atoms with van der Waals surface area (Å²) in [6, 6.07) is 0. The summed E-state index contributed by atoms with van der Waals surface area (Å²) in [7, 11) is 0. The molecule has 3 heterocycles. The van der Waals surface area contributed by atoms with Crippen molar-refractivity contribution in [2.45, 2.75) is 19.9 Å². The molecule has 0 bridgehead atoms. The van der Waals surface area contributed by atoms with Crippen molar-refractivity contribution in [2.24, 2.45) is 11.0 Å². The molecule has 0 aromatic carbocycles. The SMILES string of the molecule is CC1=NN(CC(=O)N2CCN(Cc3ncc[nH]3)C[C@@H](C(=O)O)C2)CC1. The highest BCUT2D eigenvalue weighted by atomic mass is 16.4. The van der Waals surface area contributed by atoms with Gasteiger partial charge in [0.25, 0.3) is 0 Å². The van der Waals surface area contributed by atoms with Gasteiger partial charge < -0.3 is 15.0 Å². The third-order valence-electron chi connectivity index (χ3n) is 4.60. The second kappa shape index (κ2) is 7.64. The smallest absolute Gasteiger partial charge is 0.309 e. The zero-order valence-corrected chi connectivity index (χ0v) is 14.4. The molecule has 1 aromatic heterocycles. The van der Waals surface area contributed by atoms with E-state index in [0.717, 1.165) is 24.5 Å². The summed E-state index contributed by atoms with van der Waals surface area (Å²) in [6.45, 7) is 5.23. The van der Waals surface area contributed by atoms with Crippen LogP contribution in [0.25, 0.3) is 0 Å². The number of carbonyl (C=O) groups excluding carboxylic acids is 1. The molecule has 2 aliphatic rings. The molecule has 0 unspecified atom stereocenters. The van der Waals surface area contributed by atoms with Gasteiger partial charge in [0.1, 0.15) is 12.4 Å². The van der Waals surface area contributed by atoms with Gasteiger partial charge in [-0.3, -0.25) is 19.5 Å². The fourth-order valence-corrected chi connectivity index (χ4v) is 3.21. The molecule has 136 valence electrons. The lowest BCUT2D eigenvalue weighted by molar-refractivity contribution is -0.143. The maximum absolute atomic E-state index is 12.6. The monoisotopic (exact) mass is 348 g/mol. The standard InChI is InChI=1S/C16H24N6O3/c1-12-2-5-22(19-12)11-15(23)21-7-6-20(8-13(9-21)16(24)25)10-14-17-3-4-18-14/h3-4,13H,2,5-11H2,1H3,(H,17,18)(H,24,25)/t13-/m1/s1. The number of H-pyrrole nitrogens is 1. The van der Waals surface area contributed by atoms with E-state index in [1.807, 2.05) is 11.8 Å². The molecule has 0 spiro atoms. The van der Waals surface area contributed by atoms with E-state index in [0.29, 0.717) is 26.2 Å². The minimum absolute atomic E-state index is 0.0652. The number of carboxylic acid groups (broad SMARTS) is 1. The number of hydrogen-bond donors (Lipinski definition) is 2. The van der Waals surface area contributed by atoms with Crippen LogP contribution in [0.2, 0.25) is 0 Å². The van der Waals surface area contributed by atoms with Gasteiger partial charge in [-0.05, 0) is 6.92 Å². The van der Waals surface area contributed by atoms with Crippen LogP contribution < -0.4 is 0 Å². The van der Waals surface area contributed by atoms with E-state index in [9.17, 15) is 14.7 Å².